The summed E-state index contributed by atoms with van der Waals surface area (Å²) in [7, 11) is 7.29. The van der Waals surface area contributed by atoms with E-state index in [1.165, 1.54) is 16.9 Å². The van der Waals surface area contributed by atoms with Crippen molar-refractivity contribution in [1.29, 1.82) is 0 Å². The highest BCUT2D eigenvalue weighted by Gasteiger charge is 2.33. The number of benzene rings is 3. The summed E-state index contributed by atoms with van der Waals surface area (Å²) >= 11 is 1.44. The lowest BCUT2D eigenvalue weighted by Gasteiger charge is -2.31. The number of hydrogen-bond donors (Lipinski definition) is 0. The van der Waals surface area contributed by atoms with Crippen molar-refractivity contribution in [1.82, 2.24) is 4.57 Å². The molecule has 7 heteroatoms. The molecule has 192 valence electrons. The Morgan fingerprint density at radius 1 is 0.974 bits per heavy atom. The summed E-state index contributed by atoms with van der Waals surface area (Å²) < 4.78 is 13.6. The molecule has 3 aromatic carbocycles. The molecule has 1 aliphatic heterocycles. The first-order valence-electron chi connectivity index (χ1n) is 12.6. The van der Waals surface area contributed by atoms with Gasteiger partial charge in [-0.3, -0.25) is 9.36 Å². The van der Waals surface area contributed by atoms with Gasteiger partial charge in [0.25, 0.3) is 5.56 Å². The Labute approximate surface area is 225 Å². The number of ether oxygens (including phenoxy) is 2. The molecular weight excluding hydrogens is 494 g/mol. The van der Waals surface area contributed by atoms with E-state index in [0.29, 0.717) is 20.8 Å². The quantitative estimate of drug-likeness (QED) is 0.389. The van der Waals surface area contributed by atoms with Crippen LogP contribution in [0.2, 0.25) is 0 Å². The van der Waals surface area contributed by atoms with E-state index in [4.69, 9.17) is 14.5 Å². The summed E-state index contributed by atoms with van der Waals surface area (Å²) in [6.07, 6.45) is 3.72. The number of methoxy groups -OCH3 is 2. The van der Waals surface area contributed by atoms with Crippen LogP contribution in [0.3, 0.4) is 0 Å². The fraction of sp³-hybridized carbons (Fsp3) is 0.226. The van der Waals surface area contributed by atoms with E-state index < -0.39 is 0 Å². The van der Waals surface area contributed by atoms with Crippen LogP contribution in [0.15, 0.2) is 82.1 Å². The molecular formula is C31H29N3O3S. The van der Waals surface area contributed by atoms with Crippen LogP contribution >= 0.6 is 11.3 Å². The lowest BCUT2D eigenvalue weighted by atomic mass is 9.83. The highest BCUT2D eigenvalue weighted by atomic mass is 32.1. The van der Waals surface area contributed by atoms with Crippen LogP contribution in [-0.2, 0) is 6.42 Å². The van der Waals surface area contributed by atoms with Crippen molar-refractivity contribution in [3.63, 3.8) is 0 Å². The molecule has 0 spiro atoms. The third-order valence-corrected chi connectivity index (χ3v) is 8.29. The van der Waals surface area contributed by atoms with E-state index in [0.717, 1.165) is 46.5 Å². The van der Waals surface area contributed by atoms with Gasteiger partial charge in [0.15, 0.2) is 16.3 Å². The molecule has 1 aromatic heterocycles. The Hall–Kier alpha value is -4.10. The van der Waals surface area contributed by atoms with E-state index in [1.807, 2.05) is 55.1 Å². The number of aromatic nitrogens is 1. The number of aryl methyl sites for hydroxylation is 1. The van der Waals surface area contributed by atoms with Gasteiger partial charge in [-0.1, -0.05) is 53.8 Å². The topological polar surface area (TPSA) is 56.1 Å². The van der Waals surface area contributed by atoms with Crippen LogP contribution in [0, 0.1) is 0 Å². The Morgan fingerprint density at radius 3 is 2.47 bits per heavy atom. The van der Waals surface area contributed by atoms with Crippen molar-refractivity contribution in [3.05, 3.63) is 114 Å². The number of hydrogen-bond acceptors (Lipinski definition) is 6. The van der Waals surface area contributed by atoms with Gasteiger partial charge >= 0.3 is 0 Å². The fourth-order valence-electron chi connectivity index (χ4n) is 5.37. The maximum atomic E-state index is 14.0. The van der Waals surface area contributed by atoms with E-state index >= 15 is 0 Å². The molecule has 0 fully saturated rings. The second-order valence-electron chi connectivity index (χ2n) is 9.71. The molecule has 38 heavy (non-hydrogen) atoms. The van der Waals surface area contributed by atoms with Crippen LogP contribution in [0.5, 0.6) is 11.5 Å². The molecule has 2 heterocycles. The first-order valence-corrected chi connectivity index (χ1v) is 13.4. The molecule has 0 saturated heterocycles. The van der Waals surface area contributed by atoms with Gasteiger partial charge in [0.1, 0.15) is 0 Å². The molecule has 0 radical (unpaired) electrons. The number of thiazole rings is 1. The van der Waals surface area contributed by atoms with Crippen molar-refractivity contribution >= 4 is 28.8 Å². The summed E-state index contributed by atoms with van der Waals surface area (Å²) in [4.78, 5) is 21.8. The van der Waals surface area contributed by atoms with Gasteiger partial charge in [-0.05, 0) is 65.4 Å². The van der Waals surface area contributed by atoms with Gasteiger partial charge < -0.3 is 14.4 Å². The molecule has 1 atom stereocenters. The van der Waals surface area contributed by atoms with Crippen molar-refractivity contribution in [2.24, 2.45) is 4.99 Å². The fourth-order valence-corrected chi connectivity index (χ4v) is 6.37. The van der Waals surface area contributed by atoms with Gasteiger partial charge in [-0.25, -0.2) is 4.99 Å². The standard InChI is InChI=1S/C31H29N3O3S/c1-33(2)22-13-9-19(10-14-22)17-27-30(35)34-29(21-12-16-25(36-3)26(18-21)37-4)24-15-11-20-7-5-6-8-23(20)28(24)32-31(34)38-27/h5-10,12-14,16-18,29H,11,15H2,1-4H3/b27-17-. The maximum Gasteiger partial charge on any atom is 0.271 e. The summed E-state index contributed by atoms with van der Waals surface area (Å²) in [6.45, 7) is 0. The molecule has 0 N–H and O–H groups in total. The first kappa shape index (κ1) is 24.2. The summed E-state index contributed by atoms with van der Waals surface area (Å²) in [5.74, 6) is 1.30. The highest BCUT2D eigenvalue weighted by Crippen LogP contribution is 2.42. The molecule has 0 bridgehead atoms. The zero-order chi connectivity index (χ0) is 26.4. The molecule has 6 nitrogen and oxygen atoms in total. The van der Waals surface area contributed by atoms with E-state index in [1.54, 1.807) is 14.2 Å². The molecule has 1 aliphatic carbocycles. The second kappa shape index (κ2) is 9.65. The lowest BCUT2D eigenvalue weighted by molar-refractivity contribution is 0.354. The molecule has 2 aliphatic rings. The largest absolute Gasteiger partial charge is 0.493 e. The third-order valence-electron chi connectivity index (χ3n) is 7.30. The minimum atomic E-state index is -0.271. The van der Waals surface area contributed by atoms with E-state index in [9.17, 15) is 4.79 Å². The highest BCUT2D eigenvalue weighted by molar-refractivity contribution is 7.07. The van der Waals surface area contributed by atoms with Gasteiger partial charge in [-0.2, -0.15) is 0 Å². The van der Waals surface area contributed by atoms with Crippen molar-refractivity contribution in [3.8, 4) is 11.5 Å². The predicted molar refractivity (Wildman–Crippen MR) is 153 cm³/mol. The van der Waals surface area contributed by atoms with Gasteiger partial charge in [-0.15, -0.1) is 0 Å². The average Bonchev–Trinajstić information content (AvgIpc) is 3.25. The summed E-state index contributed by atoms with van der Waals surface area (Å²) in [6, 6.07) is 22.3. The average molecular weight is 524 g/mol. The van der Waals surface area contributed by atoms with Gasteiger partial charge in [0.2, 0.25) is 0 Å². The minimum Gasteiger partial charge on any atom is -0.493 e. The molecule has 0 amide bonds. The van der Waals surface area contributed by atoms with Crippen molar-refractivity contribution in [2.75, 3.05) is 33.2 Å². The zero-order valence-corrected chi connectivity index (χ0v) is 22.7. The molecule has 4 aromatic rings. The number of rotatable bonds is 5. The maximum absolute atomic E-state index is 14.0. The van der Waals surface area contributed by atoms with Crippen LogP contribution < -0.4 is 29.3 Å². The smallest absolute Gasteiger partial charge is 0.271 e. The number of fused-ring (bicyclic) bond motifs is 3. The monoisotopic (exact) mass is 523 g/mol. The van der Waals surface area contributed by atoms with Crippen molar-refractivity contribution < 1.29 is 9.47 Å². The number of nitrogens with zero attached hydrogens (tertiary/aromatic N) is 3. The molecule has 6 rings (SSSR count). The normalized spacial score (nSPS) is 16.3. The Kier molecular flexibility index (Phi) is 6.16. The predicted octanol–water partition coefficient (Wildman–Crippen LogP) is 4.40. The Bertz CT molecular complexity index is 1750. The number of anilines is 1. The zero-order valence-electron chi connectivity index (χ0n) is 21.9. The van der Waals surface area contributed by atoms with Crippen LogP contribution in [-0.4, -0.2) is 32.9 Å². The minimum absolute atomic E-state index is 0.0318. The lowest BCUT2D eigenvalue weighted by Crippen LogP contribution is -2.38. The van der Waals surface area contributed by atoms with E-state index in [2.05, 4.69) is 41.3 Å². The van der Waals surface area contributed by atoms with Gasteiger partial charge in [0, 0.05) is 25.3 Å². The third kappa shape index (κ3) is 4.03. The van der Waals surface area contributed by atoms with Crippen LogP contribution in [0.1, 0.15) is 34.7 Å². The van der Waals surface area contributed by atoms with E-state index in [-0.39, 0.29) is 11.6 Å². The summed E-state index contributed by atoms with van der Waals surface area (Å²) in [5.41, 5.74) is 7.63. The van der Waals surface area contributed by atoms with Crippen LogP contribution in [0.4, 0.5) is 5.69 Å². The Balaban J connectivity index is 1.58. The molecule has 0 saturated carbocycles. The first-order chi connectivity index (χ1) is 18.5. The van der Waals surface area contributed by atoms with Crippen molar-refractivity contribution in [2.45, 2.75) is 18.9 Å². The molecule has 1 unspecified atom stereocenters. The van der Waals surface area contributed by atoms with Crippen LogP contribution in [0.25, 0.3) is 11.8 Å². The summed E-state index contributed by atoms with van der Waals surface area (Å²) in [5, 5.41) is 0. The SMILES string of the molecule is COc1ccc(C2C3=C(N=c4s/c(=C\c5ccc(N(C)C)cc5)c(=O)n42)c2ccccc2CC3)cc1OC. The Morgan fingerprint density at radius 2 is 1.74 bits per heavy atom. The second-order valence-corrected chi connectivity index (χ2v) is 10.7. The van der Waals surface area contributed by atoms with Gasteiger partial charge in [0.05, 0.1) is 30.5 Å². The number of allylic oxidation sites excluding steroid dienone is 1.